The van der Waals surface area contributed by atoms with E-state index in [0.29, 0.717) is 50.5 Å². The van der Waals surface area contributed by atoms with Gasteiger partial charge in [0, 0.05) is 51.0 Å². The van der Waals surface area contributed by atoms with Gasteiger partial charge in [0.05, 0.1) is 18.2 Å². The lowest BCUT2D eigenvalue weighted by molar-refractivity contribution is -0.139. The molecule has 0 aromatic heterocycles. The van der Waals surface area contributed by atoms with Crippen LogP contribution in [0.25, 0.3) is 0 Å². The van der Waals surface area contributed by atoms with E-state index in [0.717, 1.165) is 17.5 Å². The van der Waals surface area contributed by atoms with Crippen molar-refractivity contribution in [3.8, 4) is 0 Å². The molecule has 2 atom stereocenters. The second kappa shape index (κ2) is 12.1. The van der Waals surface area contributed by atoms with Crippen molar-refractivity contribution in [2.45, 2.75) is 53.1 Å². The number of aryl methyl sites for hydroxylation is 1. The standard InChI is InChI=1S/C26H39N5O4/c1-6-12-27-25(33)31-14-13-29(16-19(31)5)17-21-22(24(32)35-8-3)23(28-26(34)30(21)7-2)20-11-9-10-18(4)15-20/h9-11,15,19,23H,6-8,12-14,16-17H2,1-5H3,(H,27,33)(H,28,34). The van der Waals surface area contributed by atoms with Crippen LogP contribution in [0.1, 0.15) is 51.3 Å². The van der Waals surface area contributed by atoms with Gasteiger partial charge in [-0.2, -0.15) is 0 Å². The molecule has 1 saturated heterocycles. The molecule has 1 aromatic carbocycles. The van der Waals surface area contributed by atoms with Gasteiger partial charge in [-0.05, 0) is 39.7 Å². The van der Waals surface area contributed by atoms with Crippen LogP contribution in [0.4, 0.5) is 9.59 Å². The number of rotatable bonds is 8. The molecule has 3 rings (SSSR count). The number of piperazine rings is 1. The van der Waals surface area contributed by atoms with Gasteiger partial charge in [0.25, 0.3) is 0 Å². The fraction of sp³-hybridized carbons (Fsp3) is 0.577. The van der Waals surface area contributed by atoms with Crippen LogP contribution in [0.2, 0.25) is 0 Å². The van der Waals surface area contributed by atoms with Crippen molar-refractivity contribution in [3.05, 3.63) is 46.7 Å². The Labute approximate surface area is 208 Å². The zero-order valence-electron chi connectivity index (χ0n) is 21.6. The molecule has 2 aliphatic heterocycles. The molecular formula is C26H39N5O4. The Balaban J connectivity index is 1.93. The predicted octanol–water partition coefficient (Wildman–Crippen LogP) is 3.02. The minimum Gasteiger partial charge on any atom is -0.463 e. The maximum absolute atomic E-state index is 13.3. The van der Waals surface area contributed by atoms with Gasteiger partial charge in [-0.25, -0.2) is 14.4 Å². The van der Waals surface area contributed by atoms with E-state index in [-0.39, 0.29) is 24.7 Å². The maximum atomic E-state index is 13.3. The van der Waals surface area contributed by atoms with E-state index in [2.05, 4.69) is 15.5 Å². The largest absolute Gasteiger partial charge is 0.463 e. The van der Waals surface area contributed by atoms with Crippen molar-refractivity contribution in [3.63, 3.8) is 0 Å². The van der Waals surface area contributed by atoms with Gasteiger partial charge in [0.1, 0.15) is 0 Å². The molecule has 0 spiro atoms. The number of hydrogen-bond acceptors (Lipinski definition) is 5. The smallest absolute Gasteiger partial charge is 0.338 e. The monoisotopic (exact) mass is 485 g/mol. The Kier molecular flexibility index (Phi) is 9.14. The minimum atomic E-state index is -0.585. The van der Waals surface area contributed by atoms with Crippen molar-refractivity contribution < 1.29 is 19.1 Å². The number of urea groups is 2. The Morgan fingerprint density at radius 2 is 1.97 bits per heavy atom. The van der Waals surface area contributed by atoms with Gasteiger partial charge in [0.15, 0.2) is 0 Å². The number of nitrogens with zero attached hydrogens (tertiary/aromatic N) is 3. The van der Waals surface area contributed by atoms with Crippen molar-refractivity contribution in [2.24, 2.45) is 0 Å². The van der Waals surface area contributed by atoms with E-state index >= 15 is 0 Å². The summed E-state index contributed by atoms with van der Waals surface area (Å²) in [7, 11) is 0. The Morgan fingerprint density at radius 1 is 1.20 bits per heavy atom. The first kappa shape index (κ1) is 26.5. The first-order chi connectivity index (χ1) is 16.8. The summed E-state index contributed by atoms with van der Waals surface area (Å²) in [6, 6.07) is 6.97. The lowest BCUT2D eigenvalue weighted by atomic mass is 9.93. The molecule has 0 bridgehead atoms. The number of nitrogens with one attached hydrogen (secondary N) is 2. The average molecular weight is 486 g/mol. The van der Waals surface area contributed by atoms with Crippen LogP contribution < -0.4 is 10.6 Å². The minimum absolute atomic E-state index is 0.00677. The third-order valence-electron chi connectivity index (χ3n) is 6.50. The van der Waals surface area contributed by atoms with Crippen molar-refractivity contribution in [1.82, 2.24) is 25.3 Å². The number of carbonyl (C=O) groups is 3. The molecule has 2 aliphatic rings. The van der Waals surface area contributed by atoms with Crippen LogP contribution in [0.3, 0.4) is 0 Å². The molecular weight excluding hydrogens is 446 g/mol. The van der Waals surface area contributed by atoms with Crippen LogP contribution in [-0.4, -0.2) is 84.6 Å². The summed E-state index contributed by atoms with van der Waals surface area (Å²) in [4.78, 5) is 44.6. The lowest BCUT2D eigenvalue weighted by Crippen LogP contribution is -2.58. The van der Waals surface area contributed by atoms with Gasteiger partial charge >= 0.3 is 18.0 Å². The second-order valence-corrected chi connectivity index (χ2v) is 9.13. The second-order valence-electron chi connectivity index (χ2n) is 9.13. The number of esters is 1. The molecule has 0 radical (unpaired) electrons. The molecule has 2 unspecified atom stereocenters. The highest BCUT2D eigenvalue weighted by Crippen LogP contribution is 2.32. The summed E-state index contributed by atoms with van der Waals surface area (Å²) in [5.74, 6) is -0.418. The molecule has 35 heavy (non-hydrogen) atoms. The summed E-state index contributed by atoms with van der Waals surface area (Å²) in [6.45, 7) is 13.4. The molecule has 9 heteroatoms. The van der Waals surface area contributed by atoms with Crippen LogP contribution in [-0.2, 0) is 9.53 Å². The molecule has 9 nitrogen and oxygen atoms in total. The Hall–Kier alpha value is -3.07. The number of hydrogen-bond donors (Lipinski definition) is 2. The number of ether oxygens (including phenoxy) is 1. The molecule has 4 amide bonds. The summed E-state index contributed by atoms with van der Waals surface area (Å²) in [5, 5.41) is 5.97. The lowest BCUT2D eigenvalue weighted by Gasteiger charge is -2.42. The van der Waals surface area contributed by atoms with Gasteiger partial charge in [-0.3, -0.25) is 9.80 Å². The van der Waals surface area contributed by atoms with E-state index in [4.69, 9.17) is 4.74 Å². The zero-order valence-corrected chi connectivity index (χ0v) is 21.6. The summed E-state index contributed by atoms with van der Waals surface area (Å²) in [6.07, 6.45) is 0.891. The maximum Gasteiger partial charge on any atom is 0.338 e. The van der Waals surface area contributed by atoms with Crippen molar-refractivity contribution in [1.29, 1.82) is 0 Å². The fourth-order valence-electron chi connectivity index (χ4n) is 4.78. The highest BCUT2D eigenvalue weighted by atomic mass is 16.5. The number of carbonyl (C=O) groups excluding carboxylic acids is 3. The zero-order chi connectivity index (χ0) is 25.5. The average Bonchev–Trinajstić information content (AvgIpc) is 2.82. The summed E-state index contributed by atoms with van der Waals surface area (Å²) < 4.78 is 5.46. The Morgan fingerprint density at radius 3 is 2.60 bits per heavy atom. The van der Waals surface area contributed by atoms with E-state index in [1.165, 1.54) is 0 Å². The highest BCUT2D eigenvalue weighted by Gasteiger charge is 2.39. The first-order valence-electron chi connectivity index (χ1n) is 12.6. The van der Waals surface area contributed by atoms with Crippen molar-refractivity contribution >= 4 is 18.0 Å². The quantitative estimate of drug-likeness (QED) is 0.552. The summed E-state index contributed by atoms with van der Waals surface area (Å²) in [5.41, 5.74) is 3.03. The van der Waals surface area contributed by atoms with Gasteiger partial charge < -0.3 is 20.3 Å². The molecule has 2 heterocycles. The van der Waals surface area contributed by atoms with Crippen LogP contribution in [0, 0.1) is 6.92 Å². The number of benzene rings is 1. The van der Waals surface area contributed by atoms with Gasteiger partial charge in [-0.1, -0.05) is 36.8 Å². The third kappa shape index (κ3) is 6.14. The Bertz CT molecular complexity index is 963. The van der Waals surface area contributed by atoms with Crippen molar-refractivity contribution in [2.75, 3.05) is 45.9 Å². The normalized spacial score (nSPS) is 21.1. The first-order valence-corrected chi connectivity index (χ1v) is 12.6. The molecule has 0 aliphatic carbocycles. The topological polar surface area (TPSA) is 94.2 Å². The third-order valence-corrected chi connectivity index (χ3v) is 6.50. The predicted molar refractivity (Wildman–Crippen MR) is 135 cm³/mol. The van der Waals surface area contributed by atoms with Crippen LogP contribution in [0.5, 0.6) is 0 Å². The van der Waals surface area contributed by atoms with Gasteiger partial charge in [0.2, 0.25) is 0 Å². The van der Waals surface area contributed by atoms with E-state index in [1.54, 1.807) is 11.8 Å². The molecule has 0 saturated carbocycles. The highest BCUT2D eigenvalue weighted by molar-refractivity contribution is 5.95. The van der Waals surface area contributed by atoms with Crippen LogP contribution >= 0.6 is 0 Å². The number of likely N-dealkylation sites (N-methyl/N-ethyl adjacent to an activating group) is 1. The molecule has 1 aromatic rings. The fourth-order valence-corrected chi connectivity index (χ4v) is 4.78. The molecule has 2 N–H and O–H groups in total. The number of amides is 4. The van der Waals surface area contributed by atoms with E-state index in [9.17, 15) is 14.4 Å². The molecule has 1 fully saturated rings. The van der Waals surface area contributed by atoms with E-state index < -0.39 is 12.0 Å². The molecule has 192 valence electrons. The van der Waals surface area contributed by atoms with Gasteiger partial charge in [-0.15, -0.1) is 0 Å². The summed E-state index contributed by atoms with van der Waals surface area (Å²) >= 11 is 0. The van der Waals surface area contributed by atoms with Crippen LogP contribution in [0.15, 0.2) is 35.5 Å². The van der Waals surface area contributed by atoms with E-state index in [1.807, 2.05) is 56.9 Å². The SMILES string of the molecule is CCCNC(=O)N1CCN(CC2=C(C(=O)OCC)C(c3cccc(C)c3)NC(=O)N2CC)CC1C.